The molecule has 2 aromatic heterocycles. The maximum Gasteiger partial charge on any atom is 0.274 e. The number of anilines is 1. The van der Waals surface area contributed by atoms with Crippen LogP contribution < -0.4 is 10.6 Å². The summed E-state index contributed by atoms with van der Waals surface area (Å²) in [5, 5.41) is 11.8. The van der Waals surface area contributed by atoms with Gasteiger partial charge in [0, 0.05) is 20.3 Å². The first-order valence-corrected chi connectivity index (χ1v) is 8.42. The van der Waals surface area contributed by atoms with Gasteiger partial charge in [-0.1, -0.05) is 12.1 Å². The summed E-state index contributed by atoms with van der Waals surface area (Å²) in [6.07, 6.45) is 3.00. The summed E-state index contributed by atoms with van der Waals surface area (Å²) in [6, 6.07) is 9.67. The van der Waals surface area contributed by atoms with Crippen molar-refractivity contribution in [3.8, 4) is 17.1 Å². The SMILES string of the molecule is N#CPc1cccc(F)c1-c1nc(C(=O)Nc2cccnc2)ccc1F. The van der Waals surface area contributed by atoms with Crippen molar-refractivity contribution >= 4 is 25.5 Å². The van der Waals surface area contributed by atoms with Gasteiger partial charge in [-0.15, -0.1) is 0 Å². The lowest BCUT2D eigenvalue weighted by atomic mass is 10.1. The minimum absolute atomic E-state index is 0.0836. The highest BCUT2D eigenvalue weighted by Gasteiger charge is 2.19. The molecule has 0 aliphatic rings. The highest BCUT2D eigenvalue weighted by molar-refractivity contribution is 7.52. The molecule has 1 aromatic carbocycles. The molecule has 1 unspecified atom stereocenters. The molecule has 128 valence electrons. The lowest BCUT2D eigenvalue weighted by molar-refractivity contribution is 0.102. The van der Waals surface area contributed by atoms with E-state index < -0.39 is 17.5 Å². The summed E-state index contributed by atoms with van der Waals surface area (Å²) in [6.45, 7) is 0. The average molecular weight is 368 g/mol. The smallest absolute Gasteiger partial charge is 0.274 e. The van der Waals surface area contributed by atoms with Crippen LogP contribution in [0.15, 0.2) is 54.9 Å². The molecule has 1 amide bonds. The zero-order valence-electron chi connectivity index (χ0n) is 13.2. The molecule has 0 spiro atoms. The van der Waals surface area contributed by atoms with E-state index in [2.05, 4.69) is 15.3 Å². The van der Waals surface area contributed by atoms with Gasteiger partial charge in [0.25, 0.3) is 5.91 Å². The van der Waals surface area contributed by atoms with E-state index in [4.69, 9.17) is 5.26 Å². The number of hydrogen-bond acceptors (Lipinski definition) is 4. The molecule has 0 radical (unpaired) electrons. The first-order valence-electron chi connectivity index (χ1n) is 7.42. The van der Waals surface area contributed by atoms with Gasteiger partial charge in [-0.2, -0.15) is 5.26 Å². The van der Waals surface area contributed by atoms with Crippen LogP contribution in [0, 0.1) is 22.7 Å². The van der Waals surface area contributed by atoms with E-state index in [0.717, 1.165) is 12.1 Å². The van der Waals surface area contributed by atoms with Crippen molar-refractivity contribution in [3.05, 3.63) is 72.2 Å². The number of nitrogens with zero attached hydrogens (tertiary/aromatic N) is 3. The predicted octanol–water partition coefficient (Wildman–Crippen LogP) is 3.46. The molecule has 0 saturated carbocycles. The first-order chi connectivity index (χ1) is 12.6. The second kappa shape index (κ2) is 7.77. The summed E-state index contributed by atoms with van der Waals surface area (Å²) in [4.78, 5) is 20.2. The molecular weight excluding hydrogens is 357 g/mol. The number of carbonyl (C=O) groups excluding carboxylic acids is 1. The number of benzene rings is 1. The molecule has 5 nitrogen and oxygen atoms in total. The molecular formula is C18H11F2N4OP. The summed E-state index contributed by atoms with van der Waals surface area (Å²) < 4.78 is 28.6. The molecule has 3 aromatic rings. The van der Waals surface area contributed by atoms with E-state index in [9.17, 15) is 13.6 Å². The number of halogens is 2. The zero-order chi connectivity index (χ0) is 18.5. The Balaban J connectivity index is 2.02. The Bertz CT molecular complexity index is 1010. The molecule has 1 atom stereocenters. The topological polar surface area (TPSA) is 78.7 Å². The van der Waals surface area contributed by atoms with Gasteiger partial charge < -0.3 is 5.32 Å². The van der Waals surface area contributed by atoms with Gasteiger partial charge >= 0.3 is 0 Å². The standard InChI is InChI=1S/C18H11F2N4OP/c19-12-4-1-5-15(26-10-21)16(12)17-13(20)6-7-14(24-17)18(25)23-11-3-2-8-22-9-11/h1-9,26H,(H,23,25). The molecule has 26 heavy (non-hydrogen) atoms. The number of aromatic nitrogens is 2. The third kappa shape index (κ3) is 3.71. The quantitative estimate of drug-likeness (QED) is 0.716. The van der Waals surface area contributed by atoms with Crippen molar-refractivity contribution in [1.82, 2.24) is 9.97 Å². The van der Waals surface area contributed by atoms with E-state index in [-0.39, 0.29) is 25.5 Å². The normalized spacial score (nSPS) is 10.7. The van der Waals surface area contributed by atoms with Crippen LogP contribution in [0.25, 0.3) is 11.3 Å². The van der Waals surface area contributed by atoms with Crippen LogP contribution >= 0.6 is 8.58 Å². The Hall–Kier alpha value is -3.23. The van der Waals surface area contributed by atoms with Crippen LogP contribution in [-0.2, 0) is 0 Å². The minimum Gasteiger partial charge on any atom is -0.319 e. The van der Waals surface area contributed by atoms with Gasteiger partial charge in [-0.3, -0.25) is 9.78 Å². The second-order valence-corrected chi connectivity index (χ2v) is 6.13. The number of nitriles is 1. The Morgan fingerprint density at radius 2 is 1.96 bits per heavy atom. The van der Waals surface area contributed by atoms with Crippen molar-refractivity contribution in [2.75, 3.05) is 5.32 Å². The number of hydrogen-bond donors (Lipinski definition) is 1. The van der Waals surface area contributed by atoms with E-state index in [1.54, 1.807) is 18.3 Å². The fourth-order valence-electron chi connectivity index (χ4n) is 2.30. The minimum atomic E-state index is -0.781. The summed E-state index contributed by atoms with van der Waals surface area (Å²) in [5.41, 5.74) is -0.0527. The largest absolute Gasteiger partial charge is 0.319 e. The van der Waals surface area contributed by atoms with Gasteiger partial charge in [0.15, 0.2) is 0 Å². The first kappa shape index (κ1) is 17.6. The van der Waals surface area contributed by atoms with Gasteiger partial charge in [0.05, 0.1) is 17.7 Å². The molecule has 0 aliphatic heterocycles. The molecule has 2 heterocycles. The molecule has 0 bridgehead atoms. The van der Waals surface area contributed by atoms with Crippen molar-refractivity contribution in [1.29, 1.82) is 5.26 Å². The summed E-state index contributed by atoms with van der Waals surface area (Å²) in [5.74, 6) is -0.135. The Labute approximate surface area is 149 Å². The van der Waals surface area contributed by atoms with Crippen LogP contribution in [0.2, 0.25) is 0 Å². The number of nitrogens with one attached hydrogen (secondary N) is 1. The Morgan fingerprint density at radius 1 is 1.12 bits per heavy atom. The highest BCUT2D eigenvalue weighted by Crippen LogP contribution is 2.27. The van der Waals surface area contributed by atoms with Crippen LogP contribution in [0.4, 0.5) is 14.5 Å². The third-order valence-electron chi connectivity index (χ3n) is 3.44. The van der Waals surface area contributed by atoms with Crippen molar-refractivity contribution in [2.24, 2.45) is 0 Å². The number of pyridine rings is 2. The molecule has 0 aliphatic carbocycles. The van der Waals surface area contributed by atoms with Gasteiger partial charge in [0.2, 0.25) is 0 Å². The summed E-state index contributed by atoms with van der Waals surface area (Å²) in [7, 11) is -0.377. The Morgan fingerprint density at radius 3 is 2.69 bits per heavy atom. The summed E-state index contributed by atoms with van der Waals surface area (Å²) >= 11 is 0. The van der Waals surface area contributed by atoms with E-state index >= 15 is 0 Å². The fourth-order valence-corrected chi connectivity index (χ4v) is 2.97. The number of carbonyl (C=O) groups is 1. The van der Waals surface area contributed by atoms with Gasteiger partial charge in [-0.25, -0.2) is 13.8 Å². The lowest BCUT2D eigenvalue weighted by Gasteiger charge is -2.10. The molecule has 1 N–H and O–H groups in total. The second-order valence-electron chi connectivity index (χ2n) is 5.12. The van der Waals surface area contributed by atoms with Gasteiger partial charge in [0.1, 0.15) is 23.0 Å². The molecule has 0 fully saturated rings. The van der Waals surface area contributed by atoms with Crippen molar-refractivity contribution < 1.29 is 13.6 Å². The maximum atomic E-state index is 14.3. The Kier molecular flexibility index (Phi) is 5.26. The van der Waals surface area contributed by atoms with Crippen LogP contribution in [0.1, 0.15) is 10.5 Å². The number of rotatable bonds is 4. The molecule has 0 saturated heterocycles. The number of amides is 1. The van der Waals surface area contributed by atoms with E-state index in [0.29, 0.717) is 11.0 Å². The van der Waals surface area contributed by atoms with Crippen molar-refractivity contribution in [3.63, 3.8) is 0 Å². The average Bonchev–Trinajstić information content (AvgIpc) is 2.64. The van der Waals surface area contributed by atoms with Crippen LogP contribution in [-0.4, -0.2) is 15.9 Å². The zero-order valence-corrected chi connectivity index (χ0v) is 14.2. The molecule has 8 heteroatoms. The monoisotopic (exact) mass is 368 g/mol. The lowest BCUT2D eigenvalue weighted by Crippen LogP contribution is -2.15. The predicted molar refractivity (Wildman–Crippen MR) is 95.3 cm³/mol. The van der Waals surface area contributed by atoms with Crippen molar-refractivity contribution in [2.45, 2.75) is 0 Å². The van der Waals surface area contributed by atoms with Crippen LogP contribution in [0.3, 0.4) is 0 Å². The van der Waals surface area contributed by atoms with E-state index in [1.807, 2.05) is 5.81 Å². The van der Waals surface area contributed by atoms with E-state index in [1.165, 1.54) is 24.4 Å². The van der Waals surface area contributed by atoms with Crippen LogP contribution in [0.5, 0.6) is 0 Å². The fraction of sp³-hybridized carbons (Fsp3) is 0. The molecule has 3 rings (SSSR count). The maximum absolute atomic E-state index is 14.3. The van der Waals surface area contributed by atoms with Gasteiger partial charge in [-0.05, 0) is 35.6 Å². The highest BCUT2D eigenvalue weighted by atomic mass is 31.1. The third-order valence-corrected chi connectivity index (χ3v) is 4.24.